The van der Waals surface area contributed by atoms with Gasteiger partial charge in [0.1, 0.15) is 11.9 Å². The van der Waals surface area contributed by atoms with E-state index >= 15 is 0 Å². The Bertz CT molecular complexity index is 404. The van der Waals surface area contributed by atoms with Gasteiger partial charge in [0, 0.05) is 5.69 Å². The summed E-state index contributed by atoms with van der Waals surface area (Å²) >= 11 is 5.93. The third-order valence-corrected chi connectivity index (χ3v) is 2.43. The zero-order valence-electron chi connectivity index (χ0n) is 9.37. The standard InChI is InChI=1S/C11H14ClNO3/c1-6-4-10(16-3)8(12)5-9(6)13-11(15)7(2)14/h4-5,7,14H,1-3H3,(H,13,15). The quantitative estimate of drug-likeness (QED) is 0.854. The molecule has 0 aliphatic carbocycles. The van der Waals surface area contributed by atoms with Gasteiger partial charge in [-0.25, -0.2) is 0 Å². The minimum Gasteiger partial charge on any atom is -0.495 e. The van der Waals surface area contributed by atoms with Crippen LogP contribution in [0.3, 0.4) is 0 Å². The van der Waals surface area contributed by atoms with E-state index in [2.05, 4.69) is 5.32 Å². The van der Waals surface area contributed by atoms with Crippen LogP contribution in [0.15, 0.2) is 12.1 Å². The number of hydrogen-bond acceptors (Lipinski definition) is 3. The smallest absolute Gasteiger partial charge is 0.252 e. The summed E-state index contributed by atoms with van der Waals surface area (Å²) in [4.78, 5) is 11.3. The third-order valence-electron chi connectivity index (χ3n) is 2.14. The molecule has 1 amide bonds. The van der Waals surface area contributed by atoms with Gasteiger partial charge in [0.2, 0.25) is 0 Å². The number of carbonyl (C=O) groups is 1. The van der Waals surface area contributed by atoms with Crippen molar-refractivity contribution >= 4 is 23.2 Å². The molecule has 4 nitrogen and oxygen atoms in total. The second-order valence-electron chi connectivity index (χ2n) is 3.47. The topological polar surface area (TPSA) is 58.6 Å². The highest BCUT2D eigenvalue weighted by Crippen LogP contribution is 2.30. The fourth-order valence-corrected chi connectivity index (χ4v) is 1.42. The van der Waals surface area contributed by atoms with E-state index in [1.165, 1.54) is 14.0 Å². The number of ether oxygens (including phenoxy) is 1. The van der Waals surface area contributed by atoms with Gasteiger partial charge in [0.25, 0.3) is 5.91 Å². The summed E-state index contributed by atoms with van der Waals surface area (Å²) in [7, 11) is 1.52. The van der Waals surface area contributed by atoms with Crippen LogP contribution >= 0.6 is 11.6 Å². The molecule has 0 fully saturated rings. The van der Waals surface area contributed by atoms with Crippen molar-refractivity contribution in [2.75, 3.05) is 12.4 Å². The molecule has 0 spiro atoms. The van der Waals surface area contributed by atoms with Crippen molar-refractivity contribution in [1.82, 2.24) is 0 Å². The number of halogens is 1. The number of amides is 1. The molecular formula is C11H14ClNO3. The number of methoxy groups -OCH3 is 1. The van der Waals surface area contributed by atoms with Gasteiger partial charge in [0.15, 0.2) is 0 Å². The molecule has 1 unspecified atom stereocenters. The van der Waals surface area contributed by atoms with Crippen molar-refractivity contribution < 1.29 is 14.6 Å². The highest BCUT2D eigenvalue weighted by molar-refractivity contribution is 6.32. The van der Waals surface area contributed by atoms with Crippen molar-refractivity contribution in [3.05, 3.63) is 22.7 Å². The van der Waals surface area contributed by atoms with Gasteiger partial charge < -0.3 is 15.2 Å². The van der Waals surface area contributed by atoms with E-state index in [1.807, 2.05) is 6.92 Å². The summed E-state index contributed by atoms with van der Waals surface area (Å²) in [6.45, 7) is 3.21. The molecule has 0 saturated carbocycles. The normalized spacial score (nSPS) is 12.1. The lowest BCUT2D eigenvalue weighted by atomic mass is 10.2. The molecule has 0 saturated heterocycles. The molecule has 0 aliphatic heterocycles. The Balaban J connectivity index is 2.98. The SMILES string of the molecule is COc1cc(C)c(NC(=O)C(C)O)cc1Cl. The summed E-state index contributed by atoms with van der Waals surface area (Å²) in [5.41, 5.74) is 1.38. The number of anilines is 1. The number of aryl methyl sites for hydroxylation is 1. The number of carbonyl (C=O) groups excluding carboxylic acids is 1. The molecule has 1 aromatic carbocycles. The summed E-state index contributed by atoms with van der Waals surface area (Å²) in [5, 5.41) is 12.1. The number of hydrogen-bond donors (Lipinski definition) is 2. The van der Waals surface area contributed by atoms with Crippen LogP contribution in [0.2, 0.25) is 5.02 Å². The predicted octanol–water partition coefficient (Wildman–Crippen LogP) is 1.98. The Hall–Kier alpha value is -1.26. The predicted molar refractivity (Wildman–Crippen MR) is 63.1 cm³/mol. The number of nitrogens with one attached hydrogen (secondary N) is 1. The van der Waals surface area contributed by atoms with E-state index in [9.17, 15) is 4.79 Å². The van der Waals surface area contributed by atoms with Crippen molar-refractivity contribution in [2.45, 2.75) is 20.0 Å². The minimum absolute atomic E-state index is 0.411. The minimum atomic E-state index is -1.06. The van der Waals surface area contributed by atoms with Gasteiger partial charge in [-0.3, -0.25) is 4.79 Å². The fraction of sp³-hybridized carbons (Fsp3) is 0.364. The maximum atomic E-state index is 11.3. The second kappa shape index (κ2) is 5.18. The van der Waals surface area contributed by atoms with E-state index in [-0.39, 0.29) is 0 Å². The molecular weight excluding hydrogens is 230 g/mol. The van der Waals surface area contributed by atoms with Crippen LogP contribution in [0.4, 0.5) is 5.69 Å². The molecule has 0 aliphatic rings. The molecule has 0 aromatic heterocycles. The van der Waals surface area contributed by atoms with Gasteiger partial charge in [-0.2, -0.15) is 0 Å². The van der Waals surface area contributed by atoms with Crippen LogP contribution < -0.4 is 10.1 Å². The van der Waals surface area contributed by atoms with Crippen molar-refractivity contribution in [3.8, 4) is 5.75 Å². The van der Waals surface area contributed by atoms with Crippen LogP contribution in [-0.2, 0) is 4.79 Å². The zero-order chi connectivity index (χ0) is 12.3. The third kappa shape index (κ3) is 2.87. The Morgan fingerprint density at radius 3 is 2.69 bits per heavy atom. The molecule has 0 heterocycles. The molecule has 0 radical (unpaired) electrons. The van der Waals surface area contributed by atoms with E-state index in [0.717, 1.165) is 5.56 Å². The van der Waals surface area contributed by atoms with Crippen molar-refractivity contribution in [1.29, 1.82) is 0 Å². The number of aliphatic hydroxyl groups excluding tert-OH is 1. The lowest BCUT2D eigenvalue weighted by Crippen LogP contribution is -2.24. The molecule has 16 heavy (non-hydrogen) atoms. The molecule has 1 rings (SSSR count). The summed E-state index contributed by atoms with van der Waals surface area (Å²) in [5.74, 6) is 0.0820. The number of aliphatic hydroxyl groups is 1. The first-order valence-corrected chi connectivity index (χ1v) is 5.16. The monoisotopic (exact) mass is 243 g/mol. The first-order valence-electron chi connectivity index (χ1n) is 4.78. The molecule has 1 aromatic rings. The summed E-state index contributed by atoms with van der Waals surface area (Å²) < 4.78 is 5.04. The number of benzene rings is 1. The van der Waals surface area contributed by atoms with Crippen LogP contribution in [0.1, 0.15) is 12.5 Å². The average Bonchev–Trinajstić information content (AvgIpc) is 2.22. The second-order valence-corrected chi connectivity index (χ2v) is 3.87. The van der Waals surface area contributed by atoms with E-state index in [4.69, 9.17) is 21.4 Å². The Kier molecular flexibility index (Phi) is 4.15. The van der Waals surface area contributed by atoms with Gasteiger partial charge in [0.05, 0.1) is 12.1 Å². The van der Waals surface area contributed by atoms with E-state index in [0.29, 0.717) is 16.5 Å². The largest absolute Gasteiger partial charge is 0.495 e. The fourth-order valence-electron chi connectivity index (χ4n) is 1.18. The first kappa shape index (κ1) is 12.8. The Morgan fingerprint density at radius 2 is 2.19 bits per heavy atom. The van der Waals surface area contributed by atoms with Gasteiger partial charge in [-0.05, 0) is 31.5 Å². The molecule has 2 N–H and O–H groups in total. The first-order chi connectivity index (χ1) is 7.45. The summed E-state index contributed by atoms with van der Waals surface area (Å²) in [6, 6.07) is 3.32. The van der Waals surface area contributed by atoms with Crippen molar-refractivity contribution in [3.63, 3.8) is 0 Å². The molecule has 5 heteroatoms. The van der Waals surface area contributed by atoms with Crippen LogP contribution in [0, 0.1) is 6.92 Å². The van der Waals surface area contributed by atoms with Gasteiger partial charge >= 0.3 is 0 Å². The summed E-state index contributed by atoms with van der Waals surface area (Å²) in [6.07, 6.45) is -1.06. The van der Waals surface area contributed by atoms with E-state index in [1.54, 1.807) is 12.1 Å². The molecule has 1 atom stereocenters. The highest BCUT2D eigenvalue weighted by atomic mass is 35.5. The Labute approximate surface area is 99.2 Å². The van der Waals surface area contributed by atoms with Crippen LogP contribution in [0.5, 0.6) is 5.75 Å². The van der Waals surface area contributed by atoms with Crippen LogP contribution in [0.25, 0.3) is 0 Å². The maximum Gasteiger partial charge on any atom is 0.252 e. The molecule has 0 bridgehead atoms. The van der Waals surface area contributed by atoms with Crippen molar-refractivity contribution in [2.24, 2.45) is 0 Å². The number of rotatable bonds is 3. The van der Waals surface area contributed by atoms with E-state index < -0.39 is 12.0 Å². The maximum absolute atomic E-state index is 11.3. The highest BCUT2D eigenvalue weighted by Gasteiger charge is 2.12. The van der Waals surface area contributed by atoms with Gasteiger partial charge in [-0.15, -0.1) is 0 Å². The molecule has 88 valence electrons. The average molecular weight is 244 g/mol. The van der Waals surface area contributed by atoms with Crippen LogP contribution in [-0.4, -0.2) is 24.2 Å². The Morgan fingerprint density at radius 1 is 1.56 bits per heavy atom. The lowest BCUT2D eigenvalue weighted by molar-refractivity contribution is -0.123. The lowest BCUT2D eigenvalue weighted by Gasteiger charge is -2.12. The van der Waals surface area contributed by atoms with Gasteiger partial charge in [-0.1, -0.05) is 11.6 Å². The zero-order valence-corrected chi connectivity index (χ0v) is 10.1.